The van der Waals surface area contributed by atoms with Crippen molar-refractivity contribution >= 4 is 5.91 Å². The van der Waals surface area contributed by atoms with E-state index in [1.807, 2.05) is 6.07 Å². The molecule has 0 bridgehead atoms. The number of carbonyl (C=O) groups is 1. The second kappa shape index (κ2) is 8.65. The Labute approximate surface area is 162 Å². The van der Waals surface area contributed by atoms with E-state index < -0.39 is 11.7 Å². The number of benzene rings is 2. The molecule has 0 aromatic heterocycles. The van der Waals surface area contributed by atoms with Gasteiger partial charge in [-0.3, -0.25) is 9.69 Å². The van der Waals surface area contributed by atoms with Gasteiger partial charge in [0.05, 0.1) is 18.2 Å². The molecule has 1 heterocycles. The van der Waals surface area contributed by atoms with Gasteiger partial charge in [-0.2, -0.15) is 13.2 Å². The maximum Gasteiger partial charge on any atom is 0.416 e. The van der Waals surface area contributed by atoms with Crippen LogP contribution in [0.25, 0.3) is 0 Å². The van der Waals surface area contributed by atoms with Crippen LogP contribution in [0.3, 0.4) is 0 Å². The van der Waals surface area contributed by atoms with E-state index >= 15 is 0 Å². The highest BCUT2D eigenvalue weighted by molar-refractivity contribution is 5.97. The van der Waals surface area contributed by atoms with Crippen molar-refractivity contribution < 1.29 is 22.7 Å². The highest BCUT2D eigenvalue weighted by Crippen LogP contribution is 2.32. The molecule has 2 aromatic rings. The first-order chi connectivity index (χ1) is 13.4. The number of carbonyl (C=O) groups excluding carboxylic acids is 1. The fraction of sp³-hybridized carbons (Fsp3) is 0.381. The number of hydrogen-bond donors (Lipinski definition) is 0. The van der Waals surface area contributed by atoms with Crippen LogP contribution in [0, 0.1) is 0 Å². The van der Waals surface area contributed by atoms with Gasteiger partial charge in [0.25, 0.3) is 5.91 Å². The summed E-state index contributed by atoms with van der Waals surface area (Å²) in [5, 5.41) is 0. The zero-order valence-corrected chi connectivity index (χ0v) is 15.7. The first kappa shape index (κ1) is 20.2. The maximum atomic E-state index is 13.1. The molecule has 2 aromatic carbocycles. The fourth-order valence-corrected chi connectivity index (χ4v) is 3.46. The lowest BCUT2D eigenvalue weighted by Gasteiger charge is -2.35. The first-order valence-electron chi connectivity index (χ1n) is 9.20. The minimum Gasteiger partial charge on any atom is -0.496 e. The average Bonchev–Trinajstić information content (AvgIpc) is 2.71. The molecule has 1 aliphatic rings. The molecular formula is C21H23F3N2O2. The summed E-state index contributed by atoms with van der Waals surface area (Å²) in [4.78, 5) is 16.6. The van der Waals surface area contributed by atoms with E-state index in [0.717, 1.165) is 6.07 Å². The van der Waals surface area contributed by atoms with Gasteiger partial charge in [-0.1, -0.05) is 30.3 Å². The molecule has 3 rings (SSSR count). The van der Waals surface area contributed by atoms with E-state index in [9.17, 15) is 18.0 Å². The van der Waals surface area contributed by atoms with Crippen molar-refractivity contribution in [1.29, 1.82) is 0 Å². The molecule has 0 radical (unpaired) electrons. The van der Waals surface area contributed by atoms with Crippen molar-refractivity contribution in [2.24, 2.45) is 0 Å². The number of ether oxygens (including phenoxy) is 1. The molecule has 28 heavy (non-hydrogen) atoms. The largest absolute Gasteiger partial charge is 0.496 e. The predicted octanol–water partition coefficient (Wildman–Crippen LogP) is 3.71. The van der Waals surface area contributed by atoms with Crippen LogP contribution in [0.2, 0.25) is 0 Å². The van der Waals surface area contributed by atoms with Gasteiger partial charge in [0, 0.05) is 32.7 Å². The van der Waals surface area contributed by atoms with E-state index in [1.165, 1.54) is 19.2 Å². The number of amides is 1. The Hall–Kier alpha value is -2.54. The number of halogens is 3. The minimum absolute atomic E-state index is 0.0838. The average molecular weight is 392 g/mol. The Kier molecular flexibility index (Phi) is 6.24. The lowest BCUT2D eigenvalue weighted by Crippen LogP contribution is -2.49. The monoisotopic (exact) mass is 392 g/mol. The molecule has 150 valence electrons. The van der Waals surface area contributed by atoms with Gasteiger partial charge in [0.15, 0.2) is 0 Å². The van der Waals surface area contributed by atoms with Crippen molar-refractivity contribution in [3.05, 3.63) is 65.2 Å². The van der Waals surface area contributed by atoms with Gasteiger partial charge in [-0.25, -0.2) is 0 Å². The highest BCUT2D eigenvalue weighted by Gasteiger charge is 2.33. The van der Waals surface area contributed by atoms with E-state index in [0.29, 0.717) is 56.0 Å². The first-order valence-corrected chi connectivity index (χ1v) is 9.20. The summed E-state index contributed by atoms with van der Waals surface area (Å²) < 4.78 is 44.6. The van der Waals surface area contributed by atoms with Crippen LogP contribution in [-0.4, -0.2) is 55.5 Å². The third-order valence-corrected chi connectivity index (χ3v) is 5.02. The molecule has 0 spiro atoms. The molecule has 0 atom stereocenters. The Morgan fingerprint density at radius 2 is 1.64 bits per heavy atom. The SMILES string of the molecule is COc1ccccc1C(=O)N1CCN(CCc2ccccc2C(F)(F)F)CC1. The predicted molar refractivity (Wildman–Crippen MR) is 100 cm³/mol. The second-order valence-corrected chi connectivity index (χ2v) is 6.74. The zero-order valence-electron chi connectivity index (χ0n) is 15.7. The van der Waals surface area contributed by atoms with Crippen LogP contribution in [-0.2, 0) is 12.6 Å². The van der Waals surface area contributed by atoms with Crippen LogP contribution >= 0.6 is 0 Å². The summed E-state index contributed by atoms with van der Waals surface area (Å²) in [6.07, 6.45) is -4.01. The summed E-state index contributed by atoms with van der Waals surface area (Å²) in [5.74, 6) is 0.457. The molecular weight excluding hydrogens is 369 g/mol. The fourth-order valence-electron chi connectivity index (χ4n) is 3.46. The molecule has 4 nitrogen and oxygen atoms in total. The lowest BCUT2D eigenvalue weighted by molar-refractivity contribution is -0.138. The van der Waals surface area contributed by atoms with Gasteiger partial charge in [-0.05, 0) is 30.2 Å². The molecule has 1 saturated heterocycles. The van der Waals surface area contributed by atoms with Gasteiger partial charge in [0.2, 0.25) is 0 Å². The molecule has 0 unspecified atom stereocenters. The number of hydrogen-bond acceptors (Lipinski definition) is 3. The smallest absolute Gasteiger partial charge is 0.416 e. The molecule has 0 saturated carbocycles. The number of alkyl halides is 3. The lowest BCUT2D eigenvalue weighted by atomic mass is 10.0. The number of piperazine rings is 1. The molecule has 1 fully saturated rings. The Morgan fingerprint density at radius 1 is 1.00 bits per heavy atom. The molecule has 7 heteroatoms. The third-order valence-electron chi connectivity index (χ3n) is 5.02. The minimum atomic E-state index is -4.34. The molecule has 1 aliphatic heterocycles. The topological polar surface area (TPSA) is 32.8 Å². The molecule has 1 amide bonds. The van der Waals surface area contributed by atoms with Gasteiger partial charge < -0.3 is 9.64 Å². The van der Waals surface area contributed by atoms with Gasteiger partial charge in [0.1, 0.15) is 5.75 Å². The van der Waals surface area contributed by atoms with Crippen molar-refractivity contribution in [2.75, 3.05) is 39.8 Å². The number of para-hydroxylation sites is 1. The standard InChI is InChI=1S/C21H23F3N2O2/c1-28-19-9-5-3-7-17(19)20(27)26-14-12-25(13-15-26)11-10-16-6-2-4-8-18(16)21(22,23)24/h2-9H,10-15H2,1H3. The third kappa shape index (κ3) is 4.65. The Morgan fingerprint density at radius 3 is 2.32 bits per heavy atom. The van der Waals surface area contributed by atoms with Gasteiger partial charge in [-0.15, -0.1) is 0 Å². The molecule has 0 N–H and O–H groups in total. The number of methoxy groups -OCH3 is 1. The Balaban J connectivity index is 1.56. The second-order valence-electron chi connectivity index (χ2n) is 6.74. The van der Waals surface area contributed by atoms with Crippen LogP contribution in [0.4, 0.5) is 13.2 Å². The normalized spacial score (nSPS) is 15.5. The van der Waals surface area contributed by atoms with E-state index in [2.05, 4.69) is 4.90 Å². The summed E-state index contributed by atoms with van der Waals surface area (Å²) in [5.41, 5.74) is 0.264. The summed E-state index contributed by atoms with van der Waals surface area (Å²) in [6.45, 7) is 2.88. The van der Waals surface area contributed by atoms with Gasteiger partial charge >= 0.3 is 6.18 Å². The zero-order chi connectivity index (χ0) is 20.1. The van der Waals surface area contributed by atoms with Crippen LogP contribution in [0.5, 0.6) is 5.75 Å². The summed E-state index contributed by atoms with van der Waals surface area (Å²) in [7, 11) is 1.53. The van der Waals surface area contributed by atoms with E-state index in [1.54, 1.807) is 29.2 Å². The van der Waals surface area contributed by atoms with Crippen LogP contribution in [0.1, 0.15) is 21.5 Å². The van der Waals surface area contributed by atoms with E-state index in [-0.39, 0.29) is 5.91 Å². The van der Waals surface area contributed by atoms with E-state index in [4.69, 9.17) is 4.74 Å². The summed E-state index contributed by atoms with van der Waals surface area (Å²) in [6, 6.07) is 12.8. The molecule has 0 aliphatic carbocycles. The summed E-state index contributed by atoms with van der Waals surface area (Å²) >= 11 is 0. The van der Waals surface area contributed by atoms with Crippen molar-refractivity contribution in [3.63, 3.8) is 0 Å². The number of rotatable bonds is 5. The quantitative estimate of drug-likeness (QED) is 0.778. The van der Waals surface area contributed by atoms with Crippen LogP contribution < -0.4 is 4.74 Å². The number of nitrogens with zero attached hydrogens (tertiary/aromatic N) is 2. The van der Waals surface area contributed by atoms with Crippen molar-refractivity contribution in [3.8, 4) is 5.75 Å². The van der Waals surface area contributed by atoms with Crippen LogP contribution in [0.15, 0.2) is 48.5 Å². The Bertz CT molecular complexity index is 815. The highest BCUT2D eigenvalue weighted by atomic mass is 19.4. The van der Waals surface area contributed by atoms with Crippen molar-refractivity contribution in [1.82, 2.24) is 9.80 Å². The van der Waals surface area contributed by atoms with Crippen molar-refractivity contribution in [2.45, 2.75) is 12.6 Å². The maximum absolute atomic E-state index is 13.1.